The van der Waals surface area contributed by atoms with Gasteiger partial charge in [0.1, 0.15) is 0 Å². The third-order valence-corrected chi connectivity index (χ3v) is 3.16. The lowest BCUT2D eigenvalue weighted by Gasteiger charge is -2.17. The van der Waals surface area contributed by atoms with Gasteiger partial charge in [0.25, 0.3) is 0 Å². The van der Waals surface area contributed by atoms with Crippen molar-refractivity contribution in [2.24, 2.45) is 5.92 Å². The molecule has 98 valence electrons. The minimum atomic E-state index is 0.831. The maximum atomic E-state index is 5.04. The molecule has 0 bridgehead atoms. The number of methoxy groups -OCH3 is 1. The molecule has 0 rings (SSSR count). The Balaban J connectivity index is 3.25. The molecule has 16 heavy (non-hydrogen) atoms. The van der Waals surface area contributed by atoms with Crippen molar-refractivity contribution in [2.75, 3.05) is 46.9 Å². The summed E-state index contributed by atoms with van der Waals surface area (Å²) in [5.41, 5.74) is 0. The maximum absolute atomic E-state index is 5.04. The van der Waals surface area contributed by atoms with Gasteiger partial charge in [-0.3, -0.25) is 0 Å². The zero-order valence-electron chi connectivity index (χ0n) is 11.6. The molecular formula is C13H30N2O. The van der Waals surface area contributed by atoms with Crippen LogP contribution in [0.25, 0.3) is 0 Å². The lowest BCUT2D eigenvalue weighted by molar-refractivity contribution is 0.160. The molecule has 0 atom stereocenters. The first-order valence-electron chi connectivity index (χ1n) is 6.62. The normalized spacial score (nSPS) is 11.6. The van der Waals surface area contributed by atoms with Crippen molar-refractivity contribution in [2.45, 2.75) is 33.1 Å². The Kier molecular flexibility index (Phi) is 11.3. The zero-order chi connectivity index (χ0) is 12.2. The van der Waals surface area contributed by atoms with E-state index >= 15 is 0 Å². The van der Waals surface area contributed by atoms with Crippen LogP contribution in [0.3, 0.4) is 0 Å². The fraction of sp³-hybridized carbons (Fsp3) is 1.00. The molecule has 0 fully saturated rings. The Morgan fingerprint density at radius 3 is 2.44 bits per heavy atom. The van der Waals surface area contributed by atoms with Gasteiger partial charge in [-0.2, -0.15) is 0 Å². The van der Waals surface area contributed by atoms with Crippen molar-refractivity contribution in [3.8, 4) is 0 Å². The second kappa shape index (κ2) is 11.4. The lowest BCUT2D eigenvalue weighted by atomic mass is 10.0. The topological polar surface area (TPSA) is 24.5 Å². The second-order valence-corrected chi connectivity index (χ2v) is 4.54. The highest BCUT2D eigenvalue weighted by molar-refractivity contribution is 4.59. The first-order valence-corrected chi connectivity index (χ1v) is 6.62. The number of hydrogen-bond acceptors (Lipinski definition) is 3. The van der Waals surface area contributed by atoms with Crippen LogP contribution in [0, 0.1) is 5.92 Å². The van der Waals surface area contributed by atoms with E-state index in [0.717, 1.165) is 32.2 Å². The van der Waals surface area contributed by atoms with Crippen molar-refractivity contribution in [3.05, 3.63) is 0 Å². The standard InChI is InChI=1S/C13H30N2O/c1-5-13(6-2)12-14-8-7-9-15(3)10-11-16-4/h13-14H,5-12H2,1-4H3. The van der Waals surface area contributed by atoms with Gasteiger partial charge in [0.2, 0.25) is 0 Å². The van der Waals surface area contributed by atoms with Gasteiger partial charge in [0.15, 0.2) is 0 Å². The van der Waals surface area contributed by atoms with E-state index in [9.17, 15) is 0 Å². The first kappa shape index (κ1) is 15.9. The van der Waals surface area contributed by atoms with Gasteiger partial charge < -0.3 is 15.0 Å². The van der Waals surface area contributed by atoms with E-state index in [2.05, 4.69) is 31.1 Å². The zero-order valence-corrected chi connectivity index (χ0v) is 11.6. The molecule has 0 aliphatic heterocycles. The summed E-state index contributed by atoms with van der Waals surface area (Å²) in [6.07, 6.45) is 3.80. The molecule has 0 aromatic rings. The van der Waals surface area contributed by atoms with E-state index in [-0.39, 0.29) is 0 Å². The Bertz CT molecular complexity index is 138. The Morgan fingerprint density at radius 2 is 1.88 bits per heavy atom. The molecule has 0 aromatic carbocycles. The first-order chi connectivity index (χ1) is 7.74. The van der Waals surface area contributed by atoms with E-state index in [0.29, 0.717) is 0 Å². The Hall–Kier alpha value is -0.120. The third kappa shape index (κ3) is 9.13. The molecule has 0 aliphatic carbocycles. The molecule has 0 unspecified atom stereocenters. The monoisotopic (exact) mass is 230 g/mol. The second-order valence-electron chi connectivity index (χ2n) is 4.54. The number of likely N-dealkylation sites (N-methyl/N-ethyl adjacent to an activating group) is 1. The van der Waals surface area contributed by atoms with Crippen LogP contribution in [-0.4, -0.2) is 51.8 Å². The largest absolute Gasteiger partial charge is 0.383 e. The summed E-state index contributed by atoms with van der Waals surface area (Å²) in [6.45, 7) is 9.87. The number of hydrogen-bond donors (Lipinski definition) is 1. The molecule has 0 aromatic heterocycles. The summed E-state index contributed by atoms with van der Waals surface area (Å²) in [5, 5.41) is 3.54. The van der Waals surface area contributed by atoms with E-state index < -0.39 is 0 Å². The van der Waals surface area contributed by atoms with Gasteiger partial charge in [0, 0.05) is 13.7 Å². The van der Waals surface area contributed by atoms with Crippen LogP contribution in [-0.2, 0) is 4.74 Å². The van der Waals surface area contributed by atoms with Crippen molar-refractivity contribution in [1.82, 2.24) is 10.2 Å². The minimum absolute atomic E-state index is 0.831. The van der Waals surface area contributed by atoms with E-state index in [1.807, 2.05) is 0 Å². The van der Waals surface area contributed by atoms with Crippen LogP contribution in [0.15, 0.2) is 0 Å². The van der Waals surface area contributed by atoms with Crippen molar-refractivity contribution in [3.63, 3.8) is 0 Å². The molecule has 0 saturated heterocycles. The van der Waals surface area contributed by atoms with Crippen LogP contribution in [0.4, 0.5) is 0 Å². The molecule has 0 saturated carbocycles. The highest BCUT2D eigenvalue weighted by Crippen LogP contribution is 2.04. The fourth-order valence-corrected chi connectivity index (χ4v) is 1.72. The summed E-state index contributed by atoms with van der Waals surface area (Å²) >= 11 is 0. The molecule has 1 N–H and O–H groups in total. The van der Waals surface area contributed by atoms with Gasteiger partial charge in [-0.1, -0.05) is 26.7 Å². The summed E-state index contributed by atoms with van der Waals surface area (Å²) in [7, 11) is 3.91. The summed E-state index contributed by atoms with van der Waals surface area (Å²) < 4.78 is 5.04. The van der Waals surface area contributed by atoms with Gasteiger partial charge in [0.05, 0.1) is 6.61 Å². The van der Waals surface area contributed by atoms with Crippen molar-refractivity contribution < 1.29 is 4.74 Å². The van der Waals surface area contributed by atoms with Crippen LogP contribution in [0.1, 0.15) is 33.1 Å². The number of ether oxygens (including phenoxy) is 1. The van der Waals surface area contributed by atoms with Gasteiger partial charge >= 0.3 is 0 Å². The van der Waals surface area contributed by atoms with Crippen LogP contribution >= 0.6 is 0 Å². The summed E-state index contributed by atoms with van der Waals surface area (Å²) in [5.74, 6) is 0.853. The summed E-state index contributed by atoms with van der Waals surface area (Å²) in [6, 6.07) is 0. The van der Waals surface area contributed by atoms with E-state index in [1.54, 1.807) is 7.11 Å². The van der Waals surface area contributed by atoms with Crippen LogP contribution in [0.2, 0.25) is 0 Å². The predicted octanol–water partition coefficient (Wildman–Crippen LogP) is 1.98. The van der Waals surface area contributed by atoms with Gasteiger partial charge in [-0.15, -0.1) is 0 Å². The minimum Gasteiger partial charge on any atom is -0.383 e. The molecule has 0 amide bonds. The highest BCUT2D eigenvalue weighted by Gasteiger charge is 2.02. The molecule has 0 spiro atoms. The van der Waals surface area contributed by atoms with Crippen LogP contribution in [0.5, 0.6) is 0 Å². The van der Waals surface area contributed by atoms with E-state index in [1.165, 1.54) is 25.8 Å². The number of nitrogens with zero attached hydrogens (tertiary/aromatic N) is 1. The van der Waals surface area contributed by atoms with Crippen molar-refractivity contribution >= 4 is 0 Å². The average Bonchev–Trinajstić information content (AvgIpc) is 2.31. The Labute approximate surface area is 102 Å². The summed E-state index contributed by atoms with van der Waals surface area (Å²) in [4.78, 5) is 2.32. The lowest BCUT2D eigenvalue weighted by Crippen LogP contribution is -2.28. The van der Waals surface area contributed by atoms with Crippen molar-refractivity contribution in [1.29, 1.82) is 0 Å². The molecule has 3 heteroatoms. The fourth-order valence-electron chi connectivity index (χ4n) is 1.72. The molecule has 0 heterocycles. The highest BCUT2D eigenvalue weighted by atomic mass is 16.5. The number of nitrogens with one attached hydrogen (secondary N) is 1. The quantitative estimate of drug-likeness (QED) is 0.549. The average molecular weight is 230 g/mol. The molecule has 0 radical (unpaired) electrons. The van der Waals surface area contributed by atoms with Gasteiger partial charge in [-0.05, 0) is 39.0 Å². The molecular weight excluding hydrogens is 200 g/mol. The Morgan fingerprint density at radius 1 is 1.19 bits per heavy atom. The maximum Gasteiger partial charge on any atom is 0.0589 e. The van der Waals surface area contributed by atoms with Crippen LogP contribution < -0.4 is 5.32 Å². The molecule has 3 nitrogen and oxygen atoms in total. The SMILES string of the molecule is CCC(CC)CNCCCN(C)CCOC. The van der Waals surface area contributed by atoms with Gasteiger partial charge in [-0.25, -0.2) is 0 Å². The predicted molar refractivity (Wildman–Crippen MR) is 70.9 cm³/mol. The van der Waals surface area contributed by atoms with E-state index in [4.69, 9.17) is 4.74 Å². The third-order valence-electron chi connectivity index (χ3n) is 3.16. The smallest absolute Gasteiger partial charge is 0.0589 e. The molecule has 0 aliphatic rings. The number of rotatable bonds is 11.